The van der Waals surface area contributed by atoms with E-state index in [9.17, 15) is 4.79 Å². The second kappa shape index (κ2) is 6.70. The third-order valence-corrected chi connectivity index (χ3v) is 5.08. The predicted molar refractivity (Wildman–Crippen MR) is 81.9 cm³/mol. The number of hydrogen-bond donors (Lipinski definition) is 2. The normalized spacial score (nSPS) is 18.8. The van der Waals surface area contributed by atoms with Crippen LogP contribution in [-0.2, 0) is 17.8 Å². The molecule has 0 radical (unpaired) electrons. The van der Waals surface area contributed by atoms with Gasteiger partial charge in [-0.15, -0.1) is 11.3 Å². The summed E-state index contributed by atoms with van der Waals surface area (Å²) >= 11 is 1.87. The van der Waals surface area contributed by atoms with E-state index in [4.69, 9.17) is 0 Å². The van der Waals surface area contributed by atoms with Gasteiger partial charge in [-0.25, -0.2) is 0 Å². The summed E-state index contributed by atoms with van der Waals surface area (Å²) in [6, 6.07) is 2.23. The molecule has 1 aromatic rings. The van der Waals surface area contributed by atoms with Crippen LogP contribution in [0.15, 0.2) is 11.4 Å². The summed E-state index contributed by atoms with van der Waals surface area (Å²) in [4.78, 5) is 15.6. The fourth-order valence-corrected chi connectivity index (χ4v) is 3.52. The van der Waals surface area contributed by atoms with Crippen LogP contribution in [-0.4, -0.2) is 43.5 Å². The molecule has 2 aliphatic rings. The Labute approximate surface area is 124 Å². The Bertz CT molecular complexity index is 456. The largest absolute Gasteiger partial charge is 0.354 e. The maximum Gasteiger partial charge on any atom is 0.234 e. The minimum absolute atomic E-state index is 0.124. The number of carbonyl (C=O) groups is 1. The van der Waals surface area contributed by atoms with Gasteiger partial charge in [0.05, 0.1) is 6.54 Å². The topological polar surface area (TPSA) is 44.4 Å². The zero-order valence-corrected chi connectivity index (χ0v) is 12.7. The molecule has 1 aliphatic heterocycles. The van der Waals surface area contributed by atoms with Crippen molar-refractivity contribution in [2.75, 3.05) is 32.7 Å². The third-order valence-electron chi connectivity index (χ3n) is 4.05. The van der Waals surface area contributed by atoms with Gasteiger partial charge in [-0.1, -0.05) is 0 Å². The SMILES string of the molecule is O=C(CNCC1CC1)NCCN1CCc2sccc2C1. The van der Waals surface area contributed by atoms with Crippen LogP contribution in [0.5, 0.6) is 0 Å². The molecule has 1 saturated carbocycles. The van der Waals surface area contributed by atoms with Crippen molar-refractivity contribution in [2.45, 2.75) is 25.8 Å². The molecule has 4 nitrogen and oxygen atoms in total. The fraction of sp³-hybridized carbons (Fsp3) is 0.667. The summed E-state index contributed by atoms with van der Waals surface area (Å²) in [6.07, 6.45) is 3.81. The molecular formula is C15H23N3OS. The van der Waals surface area contributed by atoms with E-state index < -0.39 is 0 Å². The van der Waals surface area contributed by atoms with Crippen molar-refractivity contribution in [2.24, 2.45) is 5.92 Å². The Balaban J connectivity index is 1.28. The van der Waals surface area contributed by atoms with Crippen molar-refractivity contribution < 1.29 is 4.79 Å². The van der Waals surface area contributed by atoms with E-state index in [1.54, 1.807) is 0 Å². The summed E-state index contributed by atoms with van der Waals surface area (Å²) in [5, 5.41) is 8.40. The summed E-state index contributed by atoms with van der Waals surface area (Å²) in [5.74, 6) is 0.954. The molecule has 0 aromatic carbocycles. The zero-order chi connectivity index (χ0) is 13.8. The quantitative estimate of drug-likeness (QED) is 0.794. The van der Waals surface area contributed by atoms with Crippen LogP contribution in [0.4, 0.5) is 0 Å². The molecule has 20 heavy (non-hydrogen) atoms. The maximum atomic E-state index is 11.7. The van der Waals surface area contributed by atoms with Crippen LogP contribution in [0.3, 0.4) is 0 Å². The number of hydrogen-bond acceptors (Lipinski definition) is 4. The van der Waals surface area contributed by atoms with Gasteiger partial charge in [-0.05, 0) is 48.7 Å². The van der Waals surface area contributed by atoms with E-state index in [2.05, 4.69) is 27.0 Å². The molecule has 110 valence electrons. The van der Waals surface area contributed by atoms with Crippen molar-refractivity contribution in [3.8, 4) is 0 Å². The lowest BCUT2D eigenvalue weighted by Crippen LogP contribution is -2.40. The Hall–Kier alpha value is -0.910. The first kappa shape index (κ1) is 14.0. The lowest BCUT2D eigenvalue weighted by atomic mass is 10.1. The molecule has 1 amide bonds. The number of nitrogens with zero attached hydrogens (tertiary/aromatic N) is 1. The highest BCUT2D eigenvalue weighted by molar-refractivity contribution is 7.10. The minimum Gasteiger partial charge on any atom is -0.354 e. The highest BCUT2D eigenvalue weighted by atomic mass is 32.1. The minimum atomic E-state index is 0.124. The number of thiophene rings is 1. The van der Waals surface area contributed by atoms with Gasteiger partial charge in [-0.3, -0.25) is 9.69 Å². The van der Waals surface area contributed by atoms with Crippen LogP contribution in [0, 0.1) is 5.92 Å². The molecule has 0 spiro atoms. The second-order valence-corrected chi connectivity index (χ2v) is 6.82. The van der Waals surface area contributed by atoms with Gasteiger partial charge >= 0.3 is 0 Å². The van der Waals surface area contributed by atoms with Gasteiger partial charge in [0, 0.05) is 31.1 Å². The van der Waals surface area contributed by atoms with Crippen LogP contribution in [0.2, 0.25) is 0 Å². The number of rotatable bonds is 7. The molecule has 3 rings (SSSR count). The molecule has 5 heteroatoms. The van der Waals surface area contributed by atoms with Gasteiger partial charge in [0.2, 0.25) is 5.91 Å². The Morgan fingerprint density at radius 1 is 1.45 bits per heavy atom. The second-order valence-electron chi connectivity index (χ2n) is 5.82. The summed E-state index contributed by atoms with van der Waals surface area (Å²) in [6.45, 7) is 5.32. The highest BCUT2D eigenvalue weighted by Crippen LogP contribution is 2.27. The van der Waals surface area contributed by atoms with Gasteiger partial charge < -0.3 is 10.6 Å². The number of fused-ring (bicyclic) bond motifs is 1. The first-order chi connectivity index (χ1) is 9.81. The lowest BCUT2D eigenvalue weighted by Gasteiger charge is -2.26. The maximum absolute atomic E-state index is 11.7. The summed E-state index contributed by atoms with van der Waals surface area (Å²) in [5.41, 5.74) is 1.47. The van der Waals surface area contributed by atoms with E-state index in [1.165, 1.54) is 23.3 Å². The van der Waals surface area contributed by atoms with E-state index in [0.29, 0.717) is 6.54 Å². The average molecular weight is 293 g/mol. The van der Waals surface area contributed by atoms with Gasteiger partial charge in [-0.2, -0.15) is 0 Å². The molecule has 1 fully saturated rings. The average Bonchev–Trinajstić information content (AvgIpc) is 3.14. The number of amides is 1. The first-order valence-corrected chi connectivity index (χ1v) is 8.44. The smallest absolute Gasteiger partial charge is 0.234 e. The number of nitrogens with one attached hydrogen (secondary N) is 2. The molecule has 2 N–H and O–H groups in total. The first-order valence-electron chi connectivity index (χ1n) is 7.56. The predicted octanol–water partition coefficient (Wildman–Crippen LogP) is 1.22. The zero-order valence-electron chi connectivity index (χ0n) is 11.9. The Morgan fingerprint density at radius 2 is 2.35 bits per heavy atom. The van der Waals surface area contributed by atoms with Gasteiger partial charge in [0.25, 0.3) is 0 Å². The Morgan fingerprint density at radius 3 is 3.20 bits per heavy atom. The molecule has 0 unspecified atom stereocenters. The highest BCUT2D eigenvalue weighted by Gasteiger charge is 2.20. The molecule has 0 saturated heterocycles. The van der Waals surface area contributed by atoms with Crippen molar-refractivity contribution >= 4 is 17.2 Å². The summed E-state index contributed by atoms with van der Waals surface area (Å²) in [7, 11) is 0. The molecule has 2 heterocycles. The lowest BCUT2D eigenvalue weighted by molar-refractivity contribution is -0.120. The van der Waals surface area contributed by atoms with Crippen molar-refractivity contribution in [3.05, 3.63) is 21.9 Å². The van der Waals surface area contributed by atoms with Gasteiger partial charge in [0.15, 0.2) is 0 Å². The monoisotopic (exact) mass is 293 g/mol. The summed E-state index contributed by atoms with van der Waals surface area (Å²) < 4.78 is 0. The van der Waals surface area contributed by atoms with Crippen LogP contribution in [0.25, 0.3) is 0 Å². The fourth-order valence-electron chi connectivity index (χ4n) is 2.63. The van der Waals surface area contributed by atoms with Gasteiger partial charge in [0.1, 0.15) is 0 Å². The number of carbonyl (C=O) groups excluding carboxylic acids is 1. The van der Waals surface area contributed by atoms with E-state index >= 15 is 0 Å². The third kappa shape index (κ3) is 4.04. The Kier molecular flexibility index (Phi) is 4.70. The van der Waals surface area contributed by atoms with Crippen LogP contribution < -0.4 is 10.6 Å². The molecule has 1 aromatic heterocycles. The molecule has 1 aliphatic carbocycles. The van der Waals surface area contributed by atoms with E-state index in [1.807, 2.05) is 11.3 Å². The van der Waals surface area contributed by atoms with E-state index in [0.717, 1.165) is 45.1 Å². The van der Waals surface area contributed by atoms with Crippen LogP contribution >= 0.6 is 11.3 Å². The van der Waals surface area contributed by atoms with E-state index in [-0.39, 0.29) is 5.91 Å². The van der Waals surface area contributed by atoms with Crippen LogP contribution in [0.1, 0.15) is 23.3 Å². The standard InChI is InChI=1S/C15H23N3OS/c19-15(10-16-9-12-1-2-12)17-5-7-18-6-3-14-13(11-18)4-8-20-14/h4,8,12,16H,1-3,5-7,9-11H2,(H,17,19). The molecule has 0 atom stereocenters. The van der Waals surface area contributed by atoms with Crippen molar-refractivity contribution in [1.82, 2.24) is 15.5 Å². The van der Waals surface area contributed by atoms with Crippen molar-refractivity contribution in [1.29, 1.82) is 0 Å². The van der Waals surface area contributed by atoms with Crippen molar-refractivity contribution in [3.63, 3.8) is 0 Å². The molecule has 0 bridgehead atoms. The molecular weight excluding hydrogens is 270 g/mol.